The van der Waals surface area contributed by atoms with Crippen LogP contribution in [0.2, 0.25) is 5.02 Å². The highest BCUT2D eigenvalue weighted by Crippen LogP contribution is 2.16. The summed E-state index contributed by atoms with van der Waals surface area (Å²) < 4.78 is 5.02. The van der Waals surface area contributed by atoms with E-state index >= 15 is 0 Å². The summed E-state index contributed by atoms with van der Waals surface area (Å²) in [7, 11) is 0. The molecule has 4 nitrogen and oxygen atoms in total. The molecule has 1 aromatic heterocycles. The molecule has 0 saturated carbocycles. The van der Waals surface area contributed by atoms with Crippen molar-refractivity contribution in [2.45, 2.75) is 19.3 Å². The SMILES string of the molecule is N#CCc1noc(CCc2ccccc2Cl)n1. The summed E-state index contributed by atoms with van der Waals surface area (Å²) >= 11 is 6.04. The van der Waals surface area contributed by atoms with Crippen LogP contribution in [0.3, 0.4) is 0 Å². The van der Waals surface area contributed by atoms with Crippen LogP contribution in [0.4, 0.5) is 0 Å². The van der Waals surface area contributed by atoms with Gasteiger partial charge in [-0.05, 0) is 18.1 Å². The van der Waals surface area contributed by atoms with Crippen LogP contribution in [-0.4, -0.2) is 10.1 Å². The number of nitrogens with zero attached hydrogens (tertiary/aromatic N) is 3. The van der Waals surface area contributed by atoms with E-state index in [-0.39, 0.29) is 6.42 Å². The molecule has 2 aromatic rings. The summed E-state index contributed by atoms with van der Waals surface area (Å²) in [6, 6.07) is 9.63. The van der Waals surface area contributed by atoms with Gasteiger partial charge in [-0.3, -0.25) is 0 Å². The van der Waals surface area contributed by atoms with Crippen molar-refractivity contribution in [1.29, 1.82) is 5.26 Å². The van der Waals surface area contributed by atoms with E-state index in [0.29, 0.717) is 18.1 Å². The van der Waals surface area contributed by atoms with Gasteiger partial charge in [-0.2, -0.15) is 10.2 Å². The van der Waals surface area contributed by atoms with Crippen LogP contribution < -0.4 is 0 Å². The fourth-order valence-electron chi connectivity index (χ4n) is 1.48. The largest absolute Gasteiger partial charge is 0.339 e. The van der Waals surface area contributed by atoms with Crippen LogP contribution in [0.1, 0.15) is 17.3 Å². The molecule has 0 atom stereocenters. The van der Waals surface area contributed by atoms with E-state index in [1.165, 1.54) is 0 Å². The highest BCUT2D eigenvalue weighted by Gasteiger charge is 2.07. The third-order valence-corrected chi connectivity index (χ3v) is 2.68. The van der Waals surface area contributed by atoms with E-state index in [1.54, 1.807) is 0 Å². The van der Waals surface area contributed by atoms with Crippen molar-refractivity contribution in [3.63, 3.8) is 0 Å². The normalized spacial score (nSPS) is 10.1. The van der Waals surface area contributed by atoms with Gasteiger partial charge < -0.3 is 4.52 Å². The van der Waals surface area contributed by atoms with Crippen molar-refractivity contribution >= 4 is 11.6 Å². The minimum atomic E-state index is 0.176. The van der Waals surface area contributed by atoms with Gasteiger partial charge in [0, 0.05) is 11.4 Å². The number of hydrogen-bond acceptors (Lipinski definition) is 4. The molecule has 0 aliphatic rings. The predicted molar refractivity (Wildman–Crippen MR) is 62.5 cm³/mol. The van der Waals surface area contributed by atoms with Crippen LogP contribution >= 0.6 is 11.6 Å². The minimum Gasteiger partial charge on any atom is -0.339 e. The van der Waals surface area contributed by atoms with Gasteiger partial charge in [0.2, 0.25) is 5.89 Å². The number of nitriles is 1. The average molecular weight is 248 g/mol. The molecule has 5 heteroatoms. The van der Waals surface area contributed by atoms with Gasteiger partial charge in [0.05, 0.1) is 12.5 Å². The third kappa shape index (κ3) is 3.05. The first-order chi connectivity index (χ1) is 8.29. The van der Waals surface area contributed by atoms with Crippen molar-refractivity contribution in [2.24, 2.45) is 0 Å². The standard InChI is InChI=1S/C12H10ClN3O/c13-10-4-2-1-3-9(10)5-6-12-15-11(7-8-14)16-17-12/h1-4H,5-7H2. The number of hydrogen-bond donors (Lipinski definition) is 0. The molecule has 0 N–H and O–H groups in total. The Morgan fingerprint density at radius 3 is 2.88 bits per heavy atom. The second-order valence-electron chi connectivity index (χ2n) is 3.53. The first kappa shape index (κ1) is 11.6. The zero-order chi connectivity index (χ0) is 12.1. The van der Waals surface area contributed by atoms with E-state index in [9.17, 15) is 0 Å². The van der Waals surface area contributed by atoms with Gasteiger partial charge in [-0.15, -0.1) is 0 Å². The molecule has 0 aliphatic carbocycles. The molecule has 0 radical (unpaired) electrons. The molecule has 0 bridgehead atoms. The van der Waals surface area contributed by atoms with Crippen molar-refractivity contribution in [2.75, 3.05) is 0 Å². The number of aryl methyl sites for hydroxylation is 2. The van der Waals surface area contributed by atoms with E-state index in [0.717, 1.165) is 17.0 Å². The minimum absolute atomic E-state index is 0.176. The quantitative estimate of drug-likeness (QED) is 0.833. The Balaban J connectivity index is 1.98. The fourth-order valence-corrected chi connectivity index (χ4v) is 1.71. The topological polar surface area (TPSA) is 62.7 Å². The maximum Gasteiger partial charge on any atom is 0.227 e. The predicted octanol–water partition coefficient (Wildman–Crippen LogP) is 2.57. The van der Waals surface area contributed by atoms with Crippen LogP contribution in [-0.2, 0) is 19.3 Å². The maximum absolute atomic E-state index is 8.48. The summed E-state index contributed by atoms with van der Waals surface area (Å²) in [5.41, 5.74) is 1.05. The van der Waals surface area contributed by atoms with E-state index in [2.05, 4.69) is 10.1 Å². The molecule has 0 amide bonds. The van der Waals surface area contributed by atoms with Crippen molar-refractivity contribution < 1.29 is 4.52 Å². The molecule has 0 fully saturated rings. The van der Waals surface area contributed by atoms with E-state index < -0.39 is 0 Å². The van der Waals surface area contributed by atoms with E-state index in [4.69, 9.17) is 21.4 Å². The highest BCUT2D eigenvalue weighted by molar-refractivity contribution is 6.31. The summed E-state index contributed by atoms with van der Waals surface area (Å²) in [5, 5.41) is 12.9. The zero-order valence-electron chi connectivity index (χ0n) is 9.06. The van der Waals surface area contributed by atoms with Gasteiger partial charge in [-0.1, -0.05) is 35.0 Å². The summed E-state index contributed by atoms with van der Waals surface area (Å²) in [5.74, 6) is 0.969. The highest BCUT2D eigenvalue weighted by atomic mass is 35.5. The van der Waals surface area contributed by atoms with Gasteiger partial charge >= 0.3 is 0 Å². The first-order valence-electron chi connectivity index (χ1n) is 5.21. The Morgan fingerprint density at radius 1 is 1.29 bits per heavy atom. The molecule has 17 heavy (non-hydrogen) atoms. The lowest BCUT2D eigenvalue weighted by molar-refractivity contribution is 0.374. The summed E-state index contributed by atoms with van der Waals surface area (Å²) in [6.45, 7) is 0. The monoisotopic (exact) mass is 247 g/mol. The Hall–Kier alpha value is -1.86. The Morgan fingerprint density at radius 2 is 2.12 bits per heavy atom. The molecule has 2 rings (SSSR count). The second kappa shape index (κ2) is 5.46. The summed E-state index contributed by atoms with van der Waals surface area (Å²) in [4.78, 5) is 4.10. The van der Waals surface area contributed by atoms with Gasteiger partial charge in [0.1, 0.15) is 0 Å². The van der Waals surface area contributed by atoms with Gasteiger partial charge in [0.25, 0.3) is 0 Å². The number of rotatable bonds is 4. The molecule has 86 valence electrons. The van der Waals surface area contributed by atoms with Crippen molar-refractivity contribution in [1.82, 2.24) is 10.1 Å². The zero-order valence-corrected chi connectivity index (χ0v) is 9.81. The fraction of sp³-hybridized carbons (Fsp3) is 0.250. The first-order valence-corrected chi connectivity index (χ1v) is 5.59. The lowest BCUT2D eigenvalue weighted by atomic mass is 10.1. The van der Waals surface area contributed by atoms with Crippen LogP contribution in [0.5, 0.6) is 0 Å². The number of benzene rings is 1. The lowest BCUT2D eigenvalue weighted by Crippen LogP contribution is -1.93. The smallest absolute Gasteiger partial charge is 0.227 e. The Labute approximate surface area is 104 Å². The Bertz CT molecular complexity index is 545. The van der Waals surface area contributed by atoms with Crippen molar-refractivity contribution in [3.05, 3.63) is 46.6 Å². The van der Waals surface area contributed by atoms with Crippen LogP contribution in [0.25, 0.3) is 0 Å². The van der Waals surface area contributed by atoms with Crippen LogP contribution in [0, 0.1) is 11.3 Å². The third-order valence-electron chi connectivity index (χ3n) is 2.31. The molecular formula is C12H10ClN3O. The molecule has 1 heterocycles. The molecule has 0 spiro atoms. The van der Waals surface area contributed by atoms with E-state index in [1.807, 2.05) is 30.3 Å². The molecule has 0 unspecified atom stereocenters. The van der Waals surface area contributed by atoms with Crippen LogP contribution in [0.15, 0.2) is 28.8 Å². The summed E-state index contributed by atoms with van der Waals surface area (Å²) in [6.07, 6.45) is 1.55. The number of aromatic nitrogens is 2. The number of halogens is 1. The molecule has 0 saturated heterocycles. The maximum atomic E-state index is 8.48. The van der Waals surface area contributed by atoms with Crippen molar-refractivity contribution in [3.8, 4) is 6.07 Å². The molecular weight excluding hydrogens is 238 g/mol. The Kier molecular flexibility index (Phi) is 3.73. The molecule has 1 aromatic carbocycles. The average Bonchev–Trinajstić information content (AvgIpc) is 2.76. The van der Waals surface area contributed by atoms with Gasteiger partial charge in [0.15, 0.2) is 5.82 Å². The second-order valence-corrected chi connectivity index (χ2v) is 3.94. The van der Waals surface area contributed by atoms with Gasteiger partial charge in [-0.25, -0.2) is 0 Å². The lowest BCUT2D eigenvalue weighted by Gasteiger charge is -2.00. The molecule has 0 aliphatic heterocycles.